The zero-order valence-electron chi connectivity index (χ0n) is 16.8. The van der Waals surface area contributed by atoms with Crippen molar-refractivity contribution in [2.75, 3.05) is 26.3 Å². The van der Waals surface area contributed by atoms with Crippen LogP contribution < -0.4 is 0 Å². The molecule has 1 fully saturated rings. The molecule has 0 bridgehead atoms. The van der Waals surface area contributed by atoms with Crippen molar-refractivity contribution in [3.8, 4) is 16.9 Å². The summed E-state index contributed by atoms with van der Waals surface area (Å²) in [4.78, 5) is 15.4. The normalized spacial score (nSPS) is 16.2. The molecule has 0 radical (unpaired) electrons. The fraction of sp³-hybridized carbons (Fsp3) is 0.304. The maximum absolute atomic E-state index is 11.9. The van der Waals surface area contributed by atoms with Crippen LogP contribution >= 0.6 is 11.8 Å². The number of carboxylic acid groups (broad SMARTS) is 1. The van der Waals surface area contributed by atoms with Gasteiger partial charge in [0.25, 0.3) is 0 Å². The van der Waals surface area contributed by atoms with Crippen molar-refractivity contribution in [2.45, 2.75) is 24.1 Å². The van der Waals surface area contributed by atoms with Gasteiger partial charge in [-0.2, -0.15) is 5.10 Å². The molecule has 0 atom stereocenters. The van der Waals surface area contributed by atoms with Gasteiger partial charge in [-0.3, -0.25) is 4.90 Å². The average Bonchev–Trinajstić information content (AvgIpc) is 3.15. The highest BCUT2D eigenvalue weighted by Gasteiger charge is 2.30. The van der Waals surface area contributed by atoms with Crippen LogP contribution in [0.2, 0.25) is 0 Å². The topological polar surface area (TPSA) is 67.6 Å². The first kappa shape index (κ1) is 19.4. The van der Waals surface area contributed by atoms with Crippen LogP contribution in [-0.4, -0.2) is 52.1 Å². The van der Waals surface area contributed by atoms with Gasteiger partial charge in [0.15, 0.2) is 5.69 Å². The molecule has 1 N–H and O–H groups in total. The number of benzene rings is 2. The van der Waals surface area contributed by atoms with Crippen LogP contribution in [-0.2, 0) is 17.0 Å². The Kier molecular flexibility index (Phi) is 5.10. The number of aromatic nitrogens is 2. The fourth-order valence-electron chi connectivity index (χ4n) is 4.18. The molecule has 1 aromatic heterocycles. The minimum atomic E-state index is -0.980. The van der Waals surface area contributed by atoms with E-state index in [-0.39, 0.29) is 5.69 Å². The highest BCUT2D eigenvalue weighted by Crippen LogP contribution is 2.45. The minimum absolute atomic E-state index is 0.142. The fourth-order valence-corrected chi connectivity index (χ4v) is 5.33. The minimum Gasteiger partial charge on any atom is -0.476 e. The molecule has 5 rings (SSSR count). The second-order valence-electron chi connectivity index (χ2n) is 7.68. The first-order chi connectivity index (χ1) is 14.6. The van der Waals surface area contributed by atoms with E-state index in [2.05, 4.69) is 41.2 Å². The predicted molar refractivity (Wildman–Crippen MR) is 116 cm³/mol. The maximum Gasteiger partial charge on any atom is 0.356 e. The maximum atomic E-state index is 11.9. The van der Waals surface area contributed by atoms with Crippen molar-refractivity contribution in [1.82, 2.24) is 14.7 Å². The molecule has 1 saturated heterocycles. The van der Waals surface area contributed by atoms with Gasteiger partial charge in [0.1, 0.15) is 0 Å². The van der Waals surface area contributed by atoms with Crippen LogP contribution in [0.15, 0.2) is 47.4 Å². The average molecular weight is 422 g/mol. The van der Waals surface area contributed by atoms with Crippen LogP contribution in [0.1, 0.15) is 27.2 Å². The van der Waals surface area contributed by atoms with E-state index in [0.717, 1.165) is 60.9 Å². The SMILES string of the molecule is Cc1cccc2c1-c1c(c(C(=O)O)nn1-c1ccc(CN3CCOCC3)cc1)CS2. The molecule has 0 amide bonds. The molecule has 3 heterocycles. The summed E-state index contributed by atoms with van der Waals surface area (Å²) in [6.45, 7) is 6.42. The number of carboxylic acids is 1. The largest absolute Gasteiger partial charge is 0.476 e. The van der Waals surface area contributed by atoms with Gasteiger partial charge >= 0.3 is 5.97 Å². The van der Waals surface area contributed by atoms with Gasteiger partial charge < -0.3 is 9.84 Å². The summed E-state index contributed by atoms with van der Waals surface area (Å²) < 4.78 is 7.23. The zero-order valence-corrected chi connectivity index (χ0v) is 17.6. The molecule has 0 spiro atoms. The van der Waals surface area contributed by atoms with Gasteiger partial charge in [0.05, 0.1) is 24.6 Å². The lowest BCUT2D eigenvalue weighted by Crippen LogP contribution is -2.35. The predicted octanol–water partition coefficient (Wildman–Crippen LogP) is 3.98. The number of carbonyl (C=O) groups is 1. The van der Waals surface area contributed by atoms with Crippen molar-refractivity contribution >= 4 is 17.7 Å². The summed E-state index contributed by atoms with van der Waals surface area (Å²) in [7, 11) is 0. The Balaban J connectivity index is 1.55. The number of rotatable bonds is 4. The molecule has 6 nitrogen and oxygen atoms in total. The van der Waals surface area contributed by atoms with Gasteiger partial charge in [0.2, 0.25) is 0 Å². The Morgan fingerprint density at radius 3 is 2.67 bits per heavy atom. The lowest BCUT2D eigenvalue weighted by atomic mass is 10.0. The standard InChI is InChI=1S/C23H23N3O3S/c1-15-3-2-4-19-20(15)22-18(14-30-19)21(23(27)28)24-26(22)17-7-5-16(6-8-17)13-25-9-11-29-12-10-25/h2-8H,9-14H2,1H3,(H,27,28). The highest BCUT2D eigenvalue weighted by atomic mass is 32.2. The highest BCUT2D eigenvalue weighted by molar-refractivity contribution is 7.98. The third kappa shape index (κ3) is 3.43. The number of aromatic carboxylic acids is 1. The third-order valence-electron chi connectivity index (χ3n) is 5.72. The van der Waals surface area contributed by atoms with Crippen LogP contribution in [0.3, 0.4) is 0 Å². The van der Waals surface area contributed by atoms with E-state index in [1.165, 1.54) is 10.5 Å². The molecule has 0 aliphatic carbocycles. The van der Waals surface area contributed by atoms with E-state index in [4.69, 9.17) is 4.74 Å². The Morgan fingerprint density at radius 1 is 1.17 bits per heavy atom. The molecule has 7 heteroatoms. The van der Waals surface area contributed by atoms with E-state index in [1.807, 2.05) is 22.9 Å². The van der Waals surface area contributed by atoms with E-state index < -0.39 is 5.97 Å². The van der Waals surface area contributed by atoms with E-state index in [1.54, 1.807) is 11.8 Å². The summed E-state index contributed by atoms with van der Waals surface area (Å²) >= 11 is 1.68. The Hall–Kier alpha value is -2.61. The van der Waals surface area contributed by atoms with Crippen LogP contribution in [0.4, 0.5) is 0 Å². The van der Waals surface area contributed by atoms with Gasteiger partial charge in [-0.15, -0.1) is 11.8 Å². The van der Waals surface area contributed by atoms with Gasteiger partial charge in [-0.05, 0) is 36.2 Å². The monoisotopic (exact) mass is 421 g/mol. The Morgan fingerprint density at radius 2 is 1.93 bits per heavy atom. The number of fused-ring (bicyclic) bond motifs is 3. The van der Waals surface area contributed by atoms with E-state index in [0.29, 0.717) is 5.75 Å². The molecule has 2 aliphatic heterocycles. The number of hydrogen-bond donors (Lipinski definition) is 1. The van der Waals surface area contributed by atoms with Gasteiger partial charge in [0, 0.05) is 41.4 Å². The van der Waals surface area contributed by atoms with E-state index >= 15 is 0 Å². The Bertz CT molecular complexity index is 1100. The molecule has 0 unspecified atom stereocenters. The lowest BCUT2D eigenvalue weighted by molar-refractivity contribution is 0.0342. The number of ether oxygens (including phenoxy) is 1. The third-order valence-corrected chi connectivity index (χ3v) is 6.80. The van der Waals surface area contributed by atoms with Crippen LogP contribution in [0.25, 0.3) is 16.9 Å². The van der Waals surface area contributed by atoms with Gasteiger partial charge in [-0.1, -0.05) is 24.3 Å². The molecule has 30 heavy (non-hydrogen) atoms. The van der Waals surface area contributed by atoms with Crippen LogP contribution in [0, 0.1) is 6.92 Å². The molecule has 0 saturated carbocycles. The molecule has 3 aromatic rings. The van der Waals surface area contributed by atoms with Crippen molar-refractivity contribution in [2.24, 2.45) is 0 Å². The van der Waals surface area contributed by atoms with Gasteiger partial charge in [-0.25, -0.2) is 9.48 Å². The lowest BCUT2D eigenvalue weighted by Gasteiger charge is -2.26. The summed E-state index contributed by atoms with van der Waals surface area (Å²) in [6.07, 6.45) is 0. The molecular formula is C23H23N3O3S. The second kappa shape index (κ2) is 7.91. The van der Waals surface area contributed by atoms with E-state index in [9.17, 15) is 9.90 Å². The van der Waals surface area contributed by atoms with Crippen molar-refractivity contribution in [1.29, 1.82) is 0 Å². The summed E-state index contributed by atoms with van der Waals surface area (Å²) in [5.41, 5.74) is 6.16. The quantitative estimate of drug-likeness (QED) is 0.687. The first-order valence-electron chi connectivity index (χ1n) is 10.1. The van der Waals surface area contributed by atoms with Crippen molar-refractivity contribution in [3.63, 3.8) is 0 Å². The zero-order chi connectivity index (χ0) is 20.7. The number of nitrogens with zero attached hydrogens (tertiary/aromatic N) is 3. The smallest absolute Gasteiger partial charge is 0.356 e. The number of morpholine rings is 1. The second-order valence-corrected chi connectivity index (χ2v) is 8.70. The molecule has 2 aliphatic rings. The summed E-state index contributed by atoms with van der Waals surface area (Å²) in [5, 5.41) is 14.3. The molecule has 154 valence electrons. The summed E-state index contributed by atoms with van der Waals surface area (Å²) in [6, 6.07) is 14.5. The number of thioether (sulfide) groups is 1. The Labute approximate surface area is 179 Å². The van der Waals surface area contributed by atoms with Crippen LogP contribution in [0.5, 0.6) is 0 Å². The summed E-state index contributed by atoms with van der Waals surface area (Å²) in [5.74, 6) is -0.366. The van der Waals surface area contributed by atoms with Crippen molar-refractivity contribution in [3.05, 3.63) is 64.8 Å². The molecular weight excluding hydrogens is 398 g/mol. The first-order valence-corrected chi connectivity index (χ1v) is 11.1. The number of aryl methyl sites for hydroxylation is 1. The van der Waals surface area contributed by atoms with Crippen molar-refractivity contribution < 1.29 is 14.6 Å². The number of hydrogen-bond acceptors (Lipinski definition) is 5. The molecule has 2 aromatic carbocycles.